The number of hydrogen-bond acceptors (Lipinski definition) is 5. The Balaban J connectivity index is 1.26. The van der Waals surface area contributed by atoms with Crippen LogP contribution in [0.25, 0.3) is 0 Å². The number of amides is 1. The summed E-state index contributed by atoms with van der Waals surface area (Å²) in [7, 11) is -3.72. The standard InChI is InChI=1S/C32H39N3O4S/c33-40(37,38)30-12-9-24(10-13-30)15-16-34-32(36)28-11-14-31-29(21-28)20-26-5-4-6-27(19-26)23-35(22-25-7-8-25)17-2-1-3-18-39-31/h4-6,9-14,19,21,25H,1-3,7-8,15-18,20,22-23H2,(H,34,36)(H2,33,37,38). The number of sulfonamides is 1. The molecule has 0 unspecified atom stereocenters. The topological polar surface area (TPSA) is 102 Å². The van der Waals surface area contributed by atoms with E-state index in [1.165, 1.54) is 49.1 Å². The zero-order chi connectivity index (χ0) is 28.0. The predicted octanol–water partition coefficient (Wildman–Crippen LogP) is 4.67. The molecule has 2 aliphatic rings. The minimum absolute atomic E-state index is 0.0772. The van der Waals surface area contributed by atoms with Crippen LogP contribution in [0.4, 0.5) is 0 Å². The van der Waals surface area contributed by atoms with E-state index in [1.54, 1.807) is 12.1 Å². The Morgan fingerprint density at radius 3 is 2.55 bits per heavy atom. The molecular formula is C32H39N3O4S. The van der Waals surface area contributed by atoms with Crippen LogP contribution < -0.4 is 15.2 Å². The number of fused-ring (bicyclic) bond motifs is 3. The van der Waals surface area contributed by atoms with Gasteiger partial charge >= 0.3 is 0 Å². The Kier molecular flexibility index (Phi) is 9.19. The molecule has 1 heterocycles. The summed E-state index contributed by atoms with van der Waals surface area (Å²) in [6, 6.07) is 20.9. The average molecular weight is 562 g/mol. The number of nitrogens with one attached hydrogen (secondary N) is 1. The molecule has 1 amide bonds. The van der Waals surface area contributed by atoms with Gasteiger partial charge in [0.1, 0.15) is 5.75 Å². The van der Waals surface area contributed by atoms with Gasteiger partial charge in [0.15, 0.2) is 0 Å². The molecule has 7 nitrogen and oxygen atoms in total. The number of ether oxygens (including phenoxy) is 1. The van der Waals surface area contributed by atoms with Crippen LogP contribution in [0.2, 0.25) is 0 Å². The van der Waals surface area contributed by atoms with Crippen LogP contribution in [-0.2, 0) is 29.4 Å². The van der Waals surface area contributed by atoms with Gasteiger partial charge in [-0.05, 0) is 104 Å². The van der Waals surface area contributed by atoms with Gasteiger partial charge in [0.05, 0.1) is 11.5 Å². The maximum atomic E-state index is 13.0. The number of primary sulfonamides is 1. The fourth-order valence-corrected chi connectivity index (χ4v) is 5.80. The van der Waals surface area contributed by atoms with E-state index in [0.29, 0.717) is 31.6 Å². The number of hydrogen-bond donors (Lipinski definition) is 2. The molecule has 2 bridgehead atoms. The van der Waals surface area contributed by atoms with Gasteiger partial charge in [-0.15, -0.1) is 0 Å². The summed E-state index contributed by atoms with van der Waals surface area (Å²) < 4.78 is 29.1. The van der Waals surface area contributed by atoms with E-state index in [2.05, 4.69) is 34.5 Å². The van der Waals surface area contributed by atoms with Crippen molar-refractivity contribution in [3.63, 3.8) is 0 Å². The summed E-state index contributed by atoms with van der Waals surface area (Å²) in [6.07, 6.45) is 7.34. The van der Waals surface area contributed by atoms with Crippen molar-refractivity contribution < 1.29 is 17.9 Å². The number of carbonyl (C=O) groups is 1. The Bertz CT molecular complexity index is 1420. The smallest absolute Gasteiger partial charge is 0.251 e. The first-order chi connectivity index (χ1) is 19.3. The first kappa shape index (κ1) is 28.3. The molecule has 3 aromatic rings. The molecule has 8 heteroatoms. The summed E-state index contributed by atoms with van der Waals surface area (Å²) in [5, 5.41) is 8.15. The van der Waals surface area contributed by atoms with Gasteiger partial charge in [-0.2, -0.15) is 0 Å². The summed E-state index contributed by atoms with van der Waals surface area (Å²) in [4.78, 5) is 15.7. The van der Waals surface area contributed by atoms with Crippen LogP contribution in [0.15, 0.2) is 71.6 Å². The lowest BCUT2D eigenvalue weighted by Gasteiger charge is -2.23. The molecule has 0 atom stereocenters. The van der Waals surface area contributed by atoms with Crippen molar-refractivity contribution in [3.05, 3.63) is 94.5 Å². The third-order valence-corrected chi connectivity index (χ3v) is 8.58. The van der Waals surface area contributed by atoms with Crippen molar-refractivity contribution in [2.24, 2.45) is 11.1 Å². The second-order valence-electron chi connectivity index (χ2n) is 11.1. The van der Waals surface area contributed by atoms with Crippen molar-refractivity contribution in [1.82, 2.24) is 10.2 Å². The second-order valence-corrected chi connectivity index (χ2v) is 12.7. The lowest BCUT2D eigenvalue weighted by molar-refractivity contribution is 0.0954. The van der Waals surface area contributed by atoms with Crippen LogP contribution in [0, 0.1) is 5.92 Å². The van der Waals surface area contributed by atoms with E-state index in [9.17, 15) is 13.2 Å². The molecule has 3 N–H and O–H groups in total. The van der Waals surface area contributed by atoms with Gasteiger partial charge < -0.3 is 10.1 Å². The van der Waals surface area contributed by atoms with Crippen molar-refractivity contribution in [2.45, 2.75) is 56.4 Å². The molecule has 0 aromatic heterocycles. The minimum Gasteiger partial charge on any atom is -0.493 e. The predicted molar refractivity (Wildman–Crippen MR) is 157 cm³/mol. The number of nitrogens with zero attached hydrogens (tertiary/aromatic N) is 1. The first-order valence-electron chi connectivity index (χ1n) is 14.3. The highest BCUT2D eigenvalue weighted by Crippen LogP contribution is 2.31. The van der Waals surface area contributed by atoms with Crippen molar-refractivity contribution in [1.29, 1.82) is 0 Å². The second kappa shape index (κ2) is 13.0. The lowest BCUT2D eigenvalue weighted by Crippen LogP contribution is -2.27. The monoisotopic (exact) mass is 561 g/mol. The maximum Gasteiger partial charge on any atom is 0.251 e. The van der Waals surface area contributed by atoms with Crippen LogP contribution in [0.1, 0.15) is 64.7 Å². The van der Waals surface area contributed by atoms with Crippen LogP contribution in [0.5, 0.6) is 5.75 Å². The molecule has 1 fully saturated rings. The third-order valence-electron chi connectivity index (χ3n) is 7.66. The Morgan fingerprint density at radius 1 is 0.975 bits per heavy atom. The highest BCUT2D eigenvalue weighted by atomic mass is 32.2. The van der Waals surface area contributed by atoms with Gasteiger partial charge in [-0.25, -0.2) is 13.6 Å². The molecule has 5 rings (SSSR count). The Labute approximate surface area is 237 Å². The van der Waals surface area contributed by atoms with Crippen LogP contribution >= 0.6 is 0 Å². The SMILES string of the molecule is NS(=O)(=O)c1ccc(CCNC(=O)c2ccc3c(c2)Cc2cccc(c2)CN(CC2CC2)CCCCCO3)cc1. The zero-order valence-corrected chi connectivity index (χ0v) is 23.8. The molecule has 3 aromatic carbocycles. The summed E-state index contributed by atoms with van der Waals surface area (Å²) in [5.41, 5.74) is 5.07. The maximum absolute atomic E-state index is 13.0. The number of nitrogens with two attached hydrogens (primary N) is 1. The van der Waals surface area contributed by atoms with Gasteiger partial charge in [0.25, 0.3) is 5.91 Å². The third kappa shape index (κ3) is 8.16. The number of carbonyl (C=O) groups excluding carboxylic acids is 1. The molecule has 40 heavy (non-hydrogen) atoms. The molecular weight excluding hydrogens is 522 g/mol. The Hall–Kier alpha value is -3.20. The molecule has 212 valence electrons. The van der Waals surface area contributed by atoms with Gasteiger partial charge in [0.2, 0.25) is 10.0 Å². The minimum atomic E-state index is -3.72. The molecule has 0 spiro atoms. The van der Waals surface area contributed by atoms with E-state index < -0.39 is 10.0 Å². The van der Waals surface area contributed by atoms with Gasteiger partial charge in [0, 0.05) is 31.6 Å². The van der Waals surface area contributed by atoms with Gasteiger partial charge in [-0.1, -0.05) is 36.4 Å². The van der Waals surface area contributed by atoms with E-state index >= 15 is 0 Å². The summed E-state index contributed by atoms with van der Waals surface area (Å²) in [5.74, 6) is 1.56. The van der Waals surface area contributed by atoms with Crippen molar-refractivity contribution >= 4 is 15.9 Å². The fraction of sp³-hybridized carbons (Fsp3) is 0.406. The molecule has 1 saturated carbocycles. The van der Waals surface area contributed by atoms with E-state index in [4.69, 9.17) is 9.88 Å². The first-order valence-corrected chi connectivity index (χ1v) is 15.8. The number of rotatable bonds is 7. The molecule has 1 aliphatic heterocycles. The Morgan fingerprint density at radius 2 is 1.77 bits per heavy atom. The largest absolute Gasteiger partial charge is 0.493 e. The number of benzene rings is 3. The average Bonchev–Trinajstić information content (AvgIpc) is 3.75. The van der Waals surface area contributed by atoms with Crippen molar-refractivity contribution in [2.75, 3.05) is 26.2 Å². The molecule has 0 saturated heterocycles. The van der Waals surface area contributed by atoms with E-state index in [0.717, 1.165) is 48.7 Å². The fourth-order valence-electron chi connectivity index (χ4n) is 5.28. The van der Waals surface area contributed by atoms with E-state index in [-0.39, 0.29) is 10.8 Å². The lowest BCUT2D eigenvalue weighted by atomic mass is 9.99. The van der Waals surface area contributed by atoms with Crippen LogP contribution in [0.3, 0.4) is 0 Å². The highest BCUT2D eigenvalue weighted by molar-refractivity contribution is 7.89. The van der Waals surface area contributed by atoms with Crippen LogP contribution in [-0.4, -0.2) is 45.5 Å². The summed E-state index contributed by atoms with van der Waals surface area (Å²) >= 11 is 0. The normalized spacial score (nSPS) is 16.8. The van der Waals surface area contributed by atoms with Crippen molar-refractivity contribution in [3.8, 4) is 5.75 Å². The molecule has 1 aliphatic carbocycles. The molecule has 0 radical (unpaired) electrons. The highest BCUT2D eigenvalue weighted by Gasteiger charge is 2.24. The zero-order valence-electron chi connectivity index (χ0n) is 23.0. The van der Waals surface area contributed by atoms with Gasteiger partial charge in [-0.3, -0.25) is 9.69 Å². The summed E-state index contributed by atoms with van der Waals surface area (Å²) in [6.45, 7) is 4.42. The quantitative estimate of drug-likeness (QED) is 0.437. The van der Waals surface area contributed by atoms with E-state index in [1.807, 2.05) is 18.2 Å².